The molecule has 0 unspecified atom stereocenters. The Bertz CT molecular complexity index is 435. The molecule has 0 saturated heterocycles. The summed E-state index contributed by atoms with van der Waals surface area (Å²) in [5.41, 5.74) is 0. The summed E-state index contributed by atoms with van der Waals surface area (Å²) in [6.07, 6.45) is 3.35. The van der Waals surface area contributed by atoms with E-state index in [1.165, 1.54) is 0 Å². The van der Waals surface area contributed by atoms with Gasteiger partial charge in [0.2, 0.25) is 0 Å². The lowest BCUT2D eigenvalue weighted by molar-refractivity contribution is 0.192. The van der Waals surface area contributed by atoms with Gasteiger partial charge in [-0.25, -0.2) is 0 Å². The highest BCUT2D eigenvalue weighted by Crippen LogP contribution is 2.16. The van der Waals surface area contributed by atoms with Crippen LogP contribution < -0.4 is 20.1 Å². The summed E-state index contributed by atoms with van der Waals surface area (Å²) in [4.78, 5) is 4.19. The summed E-state index contributed by atoms with van der Waals surface area (Å²) >= 11 is 0. The quantitative estimate of drug-likeness (QED) is 0.371. The maximum atomic E-state index is 5.66. The molecule has 0 bridgehead atoms. The van der Waals surface area contributed by atoms with Gasteiger partial charge in [0.05, 0.1) is 13.7 Å². The van der Waals surface area contributed by atoms with E-state index >= 15 is 0 Å². The van der Waals surface area contributed by atoms with Gasteiger partial charge in [0, 0.05) is 27.3 Å². The van der Waals surface area contributed by atoms with E-state index < -0.39 is 0 Å². The third kappa shape index (κ3) is 8.93. The Morgan fingerprint density at radius 1 is 0.913 bits per heavy atom. The summed E-state index contributed by atoms with van der Waals surface area (Å²) in [7, 11) is 5.15. The number of hydrogen-bond donors (Lipinski definition) is 2. The standard InChI is InChI=1S/C17H29N3O3/c1-18-17(19-11-5-4-6-13-21-2)20-12-14-23-16-9-7-15(22-3)8-10-16/h7-10H,4-6,11-14H2,1-3H3,(H2,18,19,20). The molecular weight excluding hydrogens is 294 g/mol. The summed E-state index contributed by atoms with van der Waals surface area (Å²) in [5, 5.41) is 6.51. The Morgan fingerprint density at radius 2 is 1.61 bits per heavy atom. The van der Waals surface area contributed by atoms with Crippen molar-refractivity contribution in [2.24, 2.45) is 4.99 Å². The van der Waals surface area contributed by atoms with E-state index in [0.29, 0.717) is 13.2 Å². The lowest BCUT2D eigenvalue weighted by Gasteiger charge is -2.12. The van der Waals surface area contributed by atoms with E-state index in [-0.39, 0.29) is 0 Å². The van der Waals surface area contributed by atoms with Crippen LogP contribution in [0, 0.1) is 0 Å². The van der Waals surface area contributed by atoms with E-state index in [9.17, 15) is 0 Å². The second kappa shape index (κ2) is 12.6. The number of aliphatic imine (C=N–C) groups is 1. The van der Waals surface area contributed by atoms with Crippen LogP contribution in [0.2, 0.25) is 0 Å². The van der Waals surface area contributed by atoms with Gasteiger partial charge < -0.3 is 24.8 Å². The number of hydrogen-bond acceptors (Lipinski definition) is 4. The van der Waals surface area contributed by atoms with Crippen molar-refractivity contribution in [3.8, 4) is 11.5 Å². The lowest BCUT2D eigenvalue weighted by atomic mass is 10.2. The molecule has 0 atom stereocenters. The number of rotatable bonds is 11. The van der Waals surface area contributed by atoms with Crippen molar-refractivity contribution in [2.45, 2.75) is 19.3 Å². The largest absolute Gasteiger partial charge is 0.497 e. The number of guanidine groups is 1. The monoisotopic (exact) mass is 323 g/mol. The van der Waals surface area contributed by atoms with Gasteiger partial charge in [0.15, 0.2) is 5.96 Å². The van der Waals surface area contributed by atoms with Crippen LogP contribution in [0.3, 0.4) is 0 Å². The molecule has 0 aliphatic carbocycles. The van der Waals surface area contributed by atoms with Crippen LogP contribution in [0.4, 0.5) is 0 Å². The molecule has 0 fully saturated rings. The first kappa shape index (κ1) is 19.1. The smallest absolute Gasteiger partial charge is 0.191 e. The van der Waals surface area contributed by atoms with E-state index in [0.717, 1.165) is 49.9 Å². The van der Waals surface area contributed by atoms with Gasteiger partial charge in [-0.1, -0.05) is 0 Å². The van der Waals surface area contributed by atoms with Crippen molar-refractivity contribution in [1.29, 1.82) is 0 Å². The molecule has 0 saturated carbocycles. The molecule has 23 heavy (non-hydrogen) atoms. The zero-order chi connectivity index (χ0) is 16.8. The highest BCUT2D eigenvalue weighted by atomic mass is 16.5. The average Bonchev–Trinajstić information content (AvgIpc) is 2.60. The average molecular weight is 323 g/mol. The van der Waals surface area contributed by atoms with Crippen molar-refractivity contribution >= 4 is 5.96 Å². The minimum atomic E-state index is 0.570. The number of nitrogens with one attached hydrogen (secondary N) is 2. The van der Waals surface area contributed by atoms with Crippen LogP contribution >= 0.6 is 0 Å². The van der Waals surface area contributed by atoms with Gasteiger partial charge in [0.1, 0.15) is 18.1 Å². The highest BCUT2D eigenvalue weighted by molar-refractivity contribution is 5.79. The summed E-state index contributed by atoms with van der Waals surface area (Å²) in [6, 6.07) is 7.55. The van der Waals surface area contributed by atoms with E-state index in [2.05, 4.69) is 15.6 Å². The van der Waals surface area contributed by atoms with Gasteiger partial charge >= 0.3 is 0 Å². The Labute approximate surface area is 139 Å². The Hall–Kier alpha value is -1.95. The van der Waals surface area contributed by atoms with Gasteiger partial charge in [-0.3, -0.25) is 4.99 Å². The first-order valence-electron chi connectivity index (χ1n) is 8.00. The zero-order valence-electron chi connectivity index (χ0n) is 14.4. The maximum absolute atomic E-state index is 5.66. The van der Waals surface area contributed by atoms with Crippen LogP contribution in [0.25, 0.3) is 0 Å². The first-order chi connectivity index (χ1) is 11.3. The van der Waals surface area contributed by atoms with Crippen molar-refractivity contribution in [3.63, 3.8) is 0 Å². The molecule has 0 aromatic heterocycles. The molecule has 1 aromatic carbocycles. The summed E-state index contributed by atoms with van der Waals surface area (Å²) in [5.74, 6) is 2.45. The van der Waals surface area contributed by atoms with E-state index in [1.807, 2.05) is 24.3 Å². The molecule has 0 aliphatic heterocycles. The molecule has 6 heteroatoms. The molecule has 1 rings (SSSR count). The van der Waals surface area contributed by atoms with Crippen molar-refractivity contribution < 1.29 is 14.2 Å². The van der Waals surface area contributed by atoms with E-state index in [1.54, 1.807) is 21.3 Å². The third-order valence-electron chi connectivity index (χ3n) is 3.26. The Kier molecular flexibility index (Phi) is 10.4. The Morgan fingerprint density at radius 3 is 2.26 bits per heavy atom. The molecule has 0 amide bonds. The fourth-order valence-electron chi connectivity index (χ4n) is 1.99. The van der Waals surface area contributed by atoms with Crippen molar-refractivity contribution in [1.82, 2.24) is 10.6 Å². The lowest BCUT2D eigenvalue weighted by Crippen LogP contribution is -2.39. The van der Waals surface area contributed by atoms with E-state index in [4.69, 9.17) is 14.2 Å². The molecule has 130 valence electrons. The molecule has 0 heterocycles. The summed E-state index contributed by atoms with van der Waals surface area (Å²) in [6.45, 7) is 2.99. The highest BCUT2D eigenvalue weighted by Gasteiger charge is 1.98. The molecule has 0 spiro atoms. The number of unbranched alkanes of at least 4 members (excludes halogenated alkanes) is 2. The fraction of sp³-hybridized carbons (Fsp3) is 0.588. The van der Waals surface area contributed by atoms with Crippen LogP contribution in [0.5, 0.6) is 11.5 Å². The predicted octanol–water partition coefficient (Wildman–Crippen LogP) is 2.06. The minimum Gasteiger partial charge on any atom is -0.497 e. The fourth-order valence-corrected chi connectivity index (χ4v) is 1.99. The van der Waals surface area contributed by atoms with Crippen molar-refractivity contribution in [3.05, 3.63) is 24.3 Å². The summed E-state index contributed by atoms with van der Waals surface area (Å²) < 4.78 is 15.8. The normalized spacial score (nSPS) is 11.2. The van der Waals surface area contributed by atoms with Gasteiger partial charge in [0.25, 0.3) is 0 Å². The minimum absolute atomic E-state index is 0.570. The van der Waals surface area contributed by atoms with Crippen LogP contribution in [-0.2, 0) is 4.74 Å². The van der Waals surface area contributed by atoms with Crippen molar-refractivity contribution in [2.75, 3.05) is 47.6 Å². The molecular formula is C17H29N3O3. The molecule has 1 aromatic rings. The van der Waals surface area contributed by atoms with Gasteiger partial charge in [-0.05, 0) is 43.5 Å². The van der Waals surface area contributed by atoms with Gasteiger partial charge in [-0.2, -0.15) is 0 Å². The third-order valence-corrected chi connectivity index (χ3v) is 3.26. The molecule has 0 aliphatic rings. The second-order valence-electron chi connectivity index (χ2n) is 5.00. The number of ether oxygens (including phenoxy) is 3. The molecule has 2 N–H and O–H groups in total. The maximum Gasteiger partial charge on any atom is 0.191 e. The zero-order valence-corrected chi connectivity index (χ0v) is 14.4. The number of methoxy groups -OCH3 is 2. The van der Waals surface area contributed by atoms with Gasteiger partial charge in [-0.15, -0.1) is 0 Å². The molecule has 6 nitrogen and oxygen atoms in total. The number of nitrogens with zero attached hydrogens (tertiary/aromatic N) is 1. The van der Waals surface area contributed by atoms with Crippen LogP contribution in [0.1, 0.15) is 19.3 Å². The Balaban J connectivity index is 2.10. The molecule has 0 radical (unpaired) electrons. The SMILES string of the molecule is CN=C(NCCCCCOC)NCCOc1ccc(OC)cc1. The first-order valence-corrected chi connectivity index (χ1v) is 8.00. The second-order valence-corrected chi connectivity index (χ2v) is 5.00. The van der Waals surface area contributed by atoms with Crippen LogP contribution in [-0.4, -0.2) is 53.5 Å². The number of benzene rings is 1. The predicted molar refractivity (Wildman–Crippen MR) is 93.6 cm³/mol. The topological polar surface area (TPSA) is 64.1 Å². The van der Waals surface area contributed by atoms with Crippen LogP contribution in [0.15, 0.2) is 29.3 Å².